The third kappa shape index (κ3) is 17.1. The zero-order chi connectivity index (χ0) is 26.8. The molecule has 1 aliphatic heterocycles. The number of rotatable bonds is 9. The third-order valence-electron chi connectivity index (χ3n) is 5.13. The first kappa shape index (κ1) is 34.0. The van der Waals surface area contributed by atoms with Crippen molar-refractivity contribution in [1.82, 2.24) is 10.2 Å². The maximum atomic E-state index is 11.3. The molecular formula is C26H39ClN4O6. The summed E-state index contributed by atoms with van der Waals surface area (Å²) in [5.41, 5.74) is 12.7. The zero-order valence-electron chi connectivity index (χ0n) is 21.1. The van der Waals surface area contributed by atoms with Crippen LogP contribution in [-0.4, -0.2) is 84.9 Å². The van der Waals surface area contributed by atoms with Gasteiger partial charge in [0.1, 0.15) is 12.1 Å². The average Bonchev–Trinajstić information content (AvgIpc) is 2.86. The summed E-state index contributed by atoms with van der Waals surface area (Å²) in [5.74, 6) is -2.75. The fraction of sp³-hybridized carbons (Fsp3) is 0.423. The summed E-state index contributed by atoms with van der Waals surface area (Å²) in [6, 6.07) is 17.0. The van der Waals surface area contributed by atoms with Crippen LogP contribution in [0.5, 0.6) is 0 Å². The Bertz CT molecular complexity index is 898. The maximum Gasteiger partial charge on any atom is 0.323 e. The first-order valence-corrected chi connectivity index (χ1v) is 11.8. The molecule has 2 unspecified atom stereocenters. The van der Waals surface area contributed by atoms with Gasteiger partial charge in [0, 0.05) is 32.6 Å². The van der Waals surface area contributed by atoms with Gasteiger partial charge < -0.3 is 36.6 Å². The van der Waals surface area contributed by atoms with Crippen molar-refractivity contribution in [3.05, 3.63) is 71.8 Å². The topological polar surface area (TPSA) is 168 Å². The van der Waals surface area contributed by atoms with E-state index in [1.165, 1.54) is 13.1 Å². The summed E-state index contributed by atoms with van der Waals surface area (Å²) >= 11 is 0. The molecule has 37 heavy (non-hydrogen) atoms. The Balaban J connectivity index is 0.000000563. The lowest BCUT2D eigenvalue weighted by Crippen LogP contribution is -2.40. The van der Waals surface area contributed by atoms with Crippen molar-refractivity contribution in [2.75, 3.05) is 39.8 Å². The molecule has 2 aromatic rings. The van der Waals surface area contributed by atoms with Crippen LogP contribution in [0.4, 0.5) is 0 Å². The van der Waals surface area contributed by atoms with Gasteiger partial charge >= 0.3 is 17.9 Å². The van der Waals surface area contributed by atoms with Crippen LogP contribution in [0, 0.1) is 0 Å². The number of likely N-dealkylation sites (N-methyl/N-ethyl adjacent to an activating group) is 1. The van der Waals surface area contributed by atoms with Crippen LogP contribution in [0.2, 0.25) is 0 Å². The molecule has 1 aliphatic rings. The van der Waals surface area contributed by atoms with Crippen molar-refractivity contribution in [2.45, 2.75) is 31.3 Å². The average molecular weight is 539 g/mol. The lowest BCUT2D eigenvalue weighted by atomic mass is 10.1. The summed E-state index contributed by atoms with van der Waals surface area (Å²) < 4.78 is 4.88. The lowest BCUT2D eigenvalue weighted by molar-refractivity contribution is -0.149. The highest BCUT2D eigenvalue weighted by Crippen LogP contribution is 2.02. The van der Waals surface area contributed by atoms with E-state index in [1.807, 2.05) is 60.7 Å². The van der Waals surface area contributed by atoms with E-state index in [1.54, 1.807) is 0 Å². The number of hydrogen-bond acceptors (Lipinski definition) is 8. The fourth-order valence-corrected chi connectivity index (χ4v) is 3.02. The quantitative estimate of drug-likeness (QED) is 0.292. The number of esters is 1. The molecule has 11 heteroatoms. The van der Waals surface area contributed by atoms with Gasteiger partial charge in [-0.25, -0.2) is 0 Å². The smallest absolute Gasteiger partial charge is 0.323 e. The van der Waals surface area contributed by atoms with Gasteiger partial charge in [-0.3, -0.25) is 14.4 Å². The maximum absolute atomic E-state index is 11.3. The van der Waals surface area contributed by atoms with Crippen molar-refractivity contribution in [2.24, 2.45) is 11.5 Å². The number of carboxylic acid groups (broad SMARTS) is 2. The van der Waals surface area contributed by atoms with Crippen LogP contribution < -0.4 is 16.8 Å². The number of nitrogens with zero attached hydrogens (tertiary/aromatic N) is 1. The number of hydrogen-bond donors (Lipinski definition) is 5. The summed E-state index contributed by atoms with van der Waals surface area (Å²) in [6.07, 6.45) is 0.562. The molecule has 0 radical (unpaired) electrons. The van der Waals surface area contributed by atoms with Crippen LogP contribution in [0.25, 0.3) is 0 Å². The number of carboxylic acids is 2. The van der Waals surface area contributed by atoms with Crippen molar-refractivity contribution >= 4 is 30.3 Å². The normalized spacial score (nSPS) is 14.2. The van der Waals surface area contributed by atoms with Crippen LogP contribution in [0.15, 0.2) is 60.7 Å². The highest BCUT2D eigenvalue weighted by Gasteiger charge is 2.18. The third-order valence-corrected chi connectivity index (χ3v) is 5.13. The monoisotopic (exact) mass is 538 g/mol. The summed E-state index contributed by atoms with van der Waals surface area (Å²) in [7, 11) is 2.15. The molecule has 206 valence electrons. The number of nitrogens with two attached hydrogens (primary N) is 2. The van der Waals surface area contributed by atoms with Crippen LogP contribution >= 0.6 is 12.4 Å². The minimum Gasteiger partial charge on any atom is -0.481 e. The summed E-state index contributed by atoms with van der Waals surface area (Å²) in [6.45, 7) is 4.95. The fourth-order valence-electron chi connectivity index (χ4n) is 3.02. The highest BCUT2D eigenvalue weighted by molar-refractivity contribution is 5.85. The number of aliphatic carboxylic acids is 2. The molecule has 0 aromatic heterocycles. The Morgan fingerprint density at radius 1 is 0.919 bits per heavy atom. The highest BCUT2D eigenvalue weighted by atomic mass is 35.5. The summed E-state index contributed by atoms with van der Waals surface area (Å²) in [4.78, 5) is 34.3. The summed E-state index contributed by atoms with van der Waals surface area (Å²) in [5, 5.41) is 20.2. The predicted octanol–water partition coefficient (Wildman–Crippen LogP) is 1.16. The van der Waals surface area contributed by atoms with Crippen molar-refractivity contribution < 1.29 is 29.3 Å². The van der Waals surface area contributed by atoms with Gasteiger partial charge in [-0.1, -0.05) is 60.7 Å². The zero-order valence-corrected chi connectivity index (χ0v) is 21.9. The molecule has 0 amide bonds. The predicted molar refractivity (Wildman–Crippen MR) is 145 cm³/mol. The van der Waals surface area contributed by atoms with Crippen LogP contribution in [0.3, 0.4) is 0 Å². The largest absolute Gasteiger partial charge is 0.481 e. The van der Waals surface area contributed by atoms with Crippen molar-refractivity contribution in [3.8, 4) is 0 Å². The van der Waals surface area contributed by atoms with Crippen LogP contribution in [-0.2, 0) is 32.0 Å². The second kappa shape index (κ2) is 20.1. The molecule has 0 aliphatic carbocycles. The molecule has 2 aromatic carbocycles. The van der Waals surface area contributed by atoms with E-state index in [0.29, 0.717) is 12.8 Å². The number of ether oxygens (including phenoxy) is 1. The molecule has 1 heterocycles. The van der Waals surface area contributed by atoms with Gasteiger partial charge in [-0.2, -0.15) is 0 Å². The second-order valence-corrected chi connectivity index (χ2v) is 8.30. The van der Waals surface area contributed by atoms with E-state index >= 15 is 0 Å². The van der Waals surface area contributed by atoms with Gasteiger partial charge in [0.25, 0.3) is 0 Å². The number of carbonyl (C=O) groups excluding carboxylic acids is 1. The van der Waals surface area contributed by atoms with Gasteiger partial charge in [0.15, 0.2) is 0 Å². The Morgan fingerprint density at radius 3 is 1.86 bits per heavy atom. The molecule has 10 nitrogen and oxygen atoms in total. The van der Waals surface area contributed by atoms with E-state index < -0.39 is 36.4 Å². The van der Waals surface area contributed by atoms with Crippen molar-refractivity contribution in [3.63, 3.8) is 0 Å². The molecule has 1 fully saturated rings. The van der Waals surface area contributed by atoms with E-state index in [-0.39, 0.29) is 19.0 Å². The van der Waals surface area contributed by atoms with Gasteiger partial charge in [-0.15, -0.1) is 12.4 Å². The number of piperazine rings is 1. The number of benzene rings is 2. The van der Waals surface area contributed by atoms with Gasteiger partial charge in [-0.05, 0) is 24.6 Å². The standard InChI is InChI=1S/C12H15NO4.C9H11NO2.C5H12N2.ClH/c13-10(8-11(14)15)12(16)17-7-6-9-4-2-1-3-5-9;10-8(9(11)12)6-7-4-2-1-3-5-7;1-7-4-2-6-3-5-7;/h1-5,10H,6-8,13H2,(H,14,15);1-5,8H,6,10H2,(H,11,12);6H,2-5H2,1H3;1H. The second-order valence-electron chi connectivity index (χ2n) is 8.30. The number of halogens is 1. The minimum atomic E-state index is -1.11. The van der Waals surface area contributed by atoms with E-state index in [9.17, 15) is 14.4 Å². The van der Waals surface area contributed by atoms with E-state index in [2.05, 4.69) is 17.3 Å². The molecule has 0 spiro atoms. The molecule has 0 bridgehead atoms. The Morgan fingerprint density at radius 2 is 1.43 bits per heavy atom. The molecule has 7 N–H and O–H groups in total. The van der Waals surface area contributed by atoms with E-state index in [4.69, 9.17) is 26.4 Å². The Hall–Kier alpha value is -3.02. The minimum absolute atomic E-state index is 0. The lowest BCUT2D eigenvalue weighted by Gasteiger charge is -2.21. The Labute approximate surface area is 224 Å². The molecule has 1 saturated heterocycles. The van der Waals surface area contributed by atoms with Crippen LogP contribution in [0.1, 0.15) is 17.5 Å². The SMILES string of the molecule is CN1CCNCC1.Cl.NC(CC(=O)O)C(=O)OCCc1ccccc1.NC(Cc1ccccc1)C(=O)O. The first-order chi connectivity index (χ1) is 17.2. The number of nitrogens with one attached hydrogen (secondary N) is 1. The first-order valence-electron chi connectivity index (χ1n) is 11.8. The van der Waals surface area contributed by atoms with Gasteiger partial charge in [0.2, 0.25) is 0 Å². The Kier molecular flexibility index (Phi) is 18.4. The molecular weight excluding hydrogens is 500 g/mol. The van der Waals surface area contributed by atoms with Crippen molar-refractivity contribution in [1.29, 1.82) is 0 Å². The van der Waals surface area contributed by atoms with E-state index in [0.717, 1.165) is 24.2 Å². The molecule has 0 saturated carbocycles. The molecule has 2 atom stereocenters. The van der Waals surface area contributed by atoms with Gasteiger partial charge in [0.05, 0.1) is 13.0 Å². The number of carbonyl (C=O) groups is 3. The molecule has 3 rings (SSSR count).